The third-order valence-electron chi connectivity index (χ3n) is 3.51. The van der Waals surface area contributed by atoms with Crippen molar-refractivity contribution in [1.29, 1.82) is 0 Å². The zero-order chi connectivity index (χ0) is 17.8. The molecule has 0 unspecified atom stereocenters. The second-order valence-electron chi connectivity index (χ2n) is 5.27. The van der Waals surface area contributed by atoms with Gasteiger partial charge in [0.25, 0.3) is 17.9 Å². The molecule has 0 saturated heterocycles. The van der Waals surface area contributed by atoms with Gasteiger partial charge in [0, 0.05) is 5.69 Å². The van der Waals surface area contributed by atoms with Crippen LogP contribution in [0.3, 0.4) is 0 Å². The van der Waals surface area contributed by atoms with Gasteiger partial charge in [-0.3, -0.25) is 9.59 Å². The molecule has 25 heavy (non-hydrogen) atoms. The average Bonchev–Trinajstić information content (AvgIpc) is 2.61. The molecule has 0 radical (unpaired) electrons. The van der Waals surface area contributed by atoms with Gasteiger partial charge in [0.1, 0.15) is 5.75 Å². The molecule has 128 valence electrons. The van der Waals surface area contributed by atoms with Gasteiger partial charge in [-0.2, -0.15) is 0 Å². The largest absolute Gasteiger partial charge is 0.468 e. The normalized spacial score (nSPS) is 15.4. The fraction of sp³-hybridized carbons (Fsp3) is 0.167. The number of carbonyl (C=O) groups is 3. The zero-order valence-electron chi connectivity index (χ0n) is 13.4. The summed E-state index contributed by atoms with van der Waals surface area (Å²) in [5, 5.41) is 5.20. The number of rotatable bonds is 4. The third-order valence-corrected chi connectivity index (χ3v) is 3.51. The van der Waals surface area contributed by atoms with Gasteiger partial charge in [0.15, 0.2) is 0 Å². The van der Waals surface area contributed by atoms with E-state index in [1.807, 2.05) is 0 Å². The zero-order valence-corrected chi connectivity index (χ0v) is 13.4. The Hall–Kier alpha value is -3.35. The Bertz CT molecular complexity index is 834. The molecule has 0 aliphatic carbocycles. The molecule has 2 N–H and O–H groups in total. The quantitative estimate of drug-likeness (QED) is 0.657. The standard InChI is InChI=1S/C18H16N2O5/c1-2-24-18(23)11-6-5-7-12(10-11)19-16(21)15-17(22)20-13-8-3-4-9-14(13)25-15/h3-10,15H,2H2,1H3,(H,19,21)(H,20,22)/t15-/m1/s1. The molecule has 0 fully saturated rings. The molecule has 1 heterocycles. The van der Waals surface area contributed by atoms with E-state index in [-0.39, 0.29) is 6.61 Å². The Balaban J connectivity index is 1.73. The summed E-state index contributed by atoms with van der Waals surface area (Å²) in [6.07, 6.45) is -1.32. The predicted molar refractivity (Wildman–Crippen MR) is 90.5 cm³/mol. The van der Waals surface area contributed by atoms with Crippen LogP contribution in [-0.4, -0.2) is 30.5 Å². The summed E-state index contributed by atoms with van der Waals surface area (Å²) in [7, 11) is 0. The van der Waals surface area contributed by atoms with Crippen molar-refractivity contribution in [1.82, 2.24) is 0 Å². The van der Waals surface area contributed by atoms with Crippen molar-refractivity contribution in [2.75, 3.05) is 17.2 Å². The minimum absolute atomic E-state index is 0.255. The number of fused-ring (bicyclic) bond motifs is 1. The number of anilines is 2. The van der Waals surface area contributed by atoms with E-state index in [2.05, 4.69) is 10.6 Å². The van der Waals surface area contributed by atoms with Crippen LogP contribution < -0.4 is 15.4 Å². The van der Waals surface area contributed by atoms with E-state index < -0.39 is 23.9 Å². The van der Waals surface area contributed by atoms with E-state index in [0.29, 0.717) is 22.7 Å². The molecule has 0 aromatic heterocycles. The molecule has 0 saturated carbocycles. The lowest BCUT2D eigenvalue weighted by Gasteiger charge is -2.24. The maximum absolute atomic E-state index is 12.4. The summed E-state index contributed by atoms with van der Waals surface area (Å²) < 4.78 is 10.4. The third kappa shape index (κ3) is 3.60. The van der Waals surface area contributed by atoms with Crippen molar-refractivity contribution in [2.24, 2.45) is 0 Å². The number of benzene rings is 2. The Labute approximate surface area is 143 Å². The van der Waals surface area contributed by atoms with Gasteiger partial charge in [-0.1, -0.05) is 18.2 Å². The van der Waals surface area contributed by atoms with Crippen molar-refractivity contribution in [3.8, 4) is 5.75 Å². The maximum atomic E-state index is 12.4. The van der Waals surface area contributed by atoms with Crippen LogP contribution in [0.25, 0.3) is 0 Å². The van der Waals surface area contributed by atoms with Crippen LogP contribution in [0.15, 0.2) is 48.5 Å². The Morgan fingerprint density at radius 1 is 1.20 bits per heavy atom. The number of hydrogen-bond donors (Lipinski definition) is 2. The van der Waals surface area contributed by atoms with E-state index in [1.54, 1.807) is 49.4 Å². The lowest BCUT2D eigenvalue weighted by Crippen LogP contribution is -2.45. The highest BCUT2D eigenvalue weighted by Crippen LogP contribution is 2.29. The summed E-state index contributed by atoms with van der Waals surface area (Å²) >= 11 is 0. The van der Waals surface area contributed by atoms with Gasteiger partial charge in [0.2, 0.25) is 0 Å². The van der Waals surface area contributed by atoms with Crippen molar-refractivity contribution in [3.63, 3.8) is 0 Å². The Morgan fingerprint density at radius 3 is 2.80 bits per heavy atom. The predicted octanol–water partition coefficient (Wildman–Crippen LogP) is 2.20. The van der Waals surface area contributed by atoms with Crippen LogP contribution in [0.2, 0.25) is 0 Å². The molecule has 1 atom stereocenters. The highest BCUT2D eigenvalue weighted by atomic mass is 16.5. The van der Waals surface area contributed by atoms with Gasteiger partial charge in [-0.15, -0.1) is 0 Å². The lowest BCUT2D eigenvalue weighted by molar-refractivity contribution is -0.133. The number of hydrogen-bond acceptors (Lipinski definition) is 5. The first-order chi connectivity index (χ1) is 12.1. The van der Waals surface area contributed by atoms with Gasteiger partial charge in [-0.05, 0) is 37.3 Å². The van der Waals surface area contributed by atoms with Gasteiger partial charge >= 0.3 is 5.97 Å². The van der Waals surface area contributed by atoms with Gasteiger partial charge < -0.3 is 20.1 Å². The highest BCUT2D eigenvalue weighted by Gasteiger charge is 2.33. The molecular weight excluding hydrogens is 324 g/mol. The van der Waals surface area contributed by atoms with E-state index in [4.69, 9.17) is 9.47 Å². The fourth-order valence-electron chi connectivity index (χ4n) is 2.37. The molecule has 1 aliphatic rings. The van der Waals surface area contributed by atoms with E-state index in [1.165, 1.54) is 6.07 Å². The van der Waals surface area contributed by atoms with Crippen LogP contribution >= 0.6 is 0 Å². The lowest BCUT2D eigenvalue weighted by atomic mass is 10.1. The molecule has 2 aromatic carbocycles. The second-order valence-corrected chi connectivity index (χ2v) is 5.27. The number of carbonyl (C=O) groups excluding carboxylic acids is 3. The molecule has 7 heteroatoms. The molecule has 0 bridgehead atoms. The first kappa shape index (κ1) is 16.5. The smallest absolute Gasteiger partial charge is 0.338 e. The minimum atomic E-state index is -1.32. The van der Waals surface area contributed by atoms with Crippen LogP contribution in [0.5, 0.6) is 5.75 Å². The van der Waals surface area contributed by atoms with E-state index >= 15 is 0 Å². The number of ether oxygens (including phenoxy) is 2. The van der Waals surface area contributed by atoms with Gasteiger partial charge in [-0.25, -0.2) is 4.79 Å². The Kier molecular flexibility index (Phi) is 4.65. The van der Waals surface area contributed by atoms with Crippen molar-refractivity contribution in [2.45, 2.75) is 13.0 Å². The van der Waals surface area contributed by atoms with E-state index in [9.17, 15) is 14.4 Å². The summed E-state index contributed by atoms with van der Waals surface area (Å²) in [5.74, 6) is -1.26. The molecule has 2 aromatic rings. The summed E-state index contributed by atoms with van der Waals surface area (Å²) in [4.78, 5) is 36.2. The van der Waals surface area contributed by atoms with Crippen LogP contribution in [0.1, 0.15) is 17.3 Å². The summed E-state index contributed by atoms with van der Waals surface area (Å²) in [6.45, 7) is 1.96. The number of nitrogens with one attached hydrogen (secondary N) is 2. The van der Waals surface area contributed by atoms with Crippen molar-refractivity contribution < 1.29 is 23.9 Å². The van der Waals surface area contributed by atoms with Crippen LogP contribution in [-0.2, 0) is 14.3 Å². The molecule has 0 spiro atoms. The number of para-hydroxylation sites is 2. The second kappa shape index (κ2) is 7.04. The molecular formula is C18H16N2O5. The van der Waals surface area contributed by atoms with E-state index in [0.717, 1.165) is 0 Å². The number of amides is 2. The fourth-order valence-corrected chi connectivity index (χ4v) is 2.37. The van der Waals surface area contributed by atoms with Crippen LogP contribution in [0, 0.1) is 0 Å². The highest BCUT2D eigenvalue weighted by molar-refractivity contribution is 6.15. The molecule has 3 rings (SSSR count). The summed E-state index contributed by atoms with van der Waals surface area (Å²) in [5.41, 5.74) is 1.19. The molecule has 2 amide bonds. The maximum Gasteiger partial charge on any atom is 0.338 e. The Morgan fingerprint density at radius 2 is 2.00 bits per heavy atom. The average molecular weight is 340 g/mol. The topological polar surface area (TPSA) is 93.7 Å². The minimum Gasteiger partial charge on any atom is -0.468 e. The summed E-state index contributed by atoms with van der Waals surface area (Å²) in [6, 6.07) is 13.1. The first-order valence-electron chi connectivity index (χ1n) is 7.73. The van der Waals surface area contributed by atoms with Crippen molar-refractivity contribution >= 4 is 29.2 Å². The SMILES string of the molecule is CCOC(=O)c1cccc(NC(=O)[C@H]2Oc3ccccc3NC2=O)c1. The van der Waals surface area contributed by atoms with Crippen LogP contribution in [0.4, 0.5) is 11.4 Å². The van der Waals surface area contributed by atoms with Gasteiger partial charge in [0.05, 0.1) is 17.9 Å². The molecule has 7 nitrogen and oxygen atoms in total. The number of esters is 1. The van der Waals surface area contributed by atoms with Crippen molar-refractivity contribution in [3.05, 3.63) is 54.1 Å². The first-order valence-corrected chi connectivity index (χ1v) is 7.73. The monoisotopic (exact) mass is 340 g/mol. The molecule has 1 aliphatic heterocycles.